The minimum absolute atomic E-state index is 0.348. The second-order valence-electron chi connectivity index (χ2n) is 8.02. The number of pyridine rings is 1. The second-order valence-corrected chi connectivity index (χ2v) is 8.02. The van der Waals surface area contributed by atoms with Gasteiger partial charge in [-0.1, -0.05) is 13.8 Å². The highest BCUT2D eigenvalue weighted by molar-refractivity contribution is 6.10. The first-order chi connectivity index (χ1) is 13.2. The predicted molar refractivity (Wildman–Crippen MR) is 109 cm³/mol. The van der Waals surface area contributed by atoms with Gasteiger partial charge >= 0.3 is 0 Å². The van der Waals surface area contributed by atoms with Crippen LogP contribution in [0.2, 0.25) is 0 Å². The molecule has 0 aliphatic heterocycles. The summed E-state index contributed by atoms with van der Waals surface area (Å²) in [6, 6.07) is 6.66. The first kappa shape index (κ1) is 18.6. The molecule has 2 aromatic heterocycles. The molecule has 28 heavy (non-hydrogen) atoms. The van der Waals surface area contributed by atoms with Crippen molar-refractivity contribution in [1.29, 1.82) is 0 Å². The summed E-state index contributed by atoms with van der Waals surface area (Å²) in [4.78, 5) is 0. The molecule has 2 heterocycles. The molecule has 0 bridgehead atoms. The number of rotatable bonds is 2. The third-order valence-corrected chi connectivity index (χ3v) is 5.57. The first-order valence-corrected chi connectivity index (χ1v) is 9.51. The van der Waals surface area contributed by atoms with E-state index in [1.807, 2.05) is 14.0 Å². The lowest BCUT2D eigenvalue weighted by Gasteiger charge is -2.12. The van der Waals surface area contributed by atoms with Crippen LogP contribution < -0.4 is 4.57 Å². The molecule has 0 saturated carbocycles. The topological polar surface area (TPSA) is 17.0 Å². The van der Waals surface area contributed by atoms with Crippen LogP contribution >= 0.6 is 0 Å². The van der Waals surface area contributed by atoms with Crippen LogP contribution in [-0.2, 0) is 7.05 Å². The summed E-state index contributed by atoms with van der Waals surface area (Å²) in [5, 5.41) is 1.01. The Bertz CT molecular complexity index is 1250. The van der Waals surface area contributed by atoms with E-state index >= 15 is 0 Å². The number of furan rings is 1. The molecular weight excluding hydrogens is 356 g/mol. The molecule has 2 aromatic carbocycles. The number of hydrogen-bond donors (Lipinski definition) is 0. The van der Waals surface area contributed by atoms with Crippen molar-refractivity contribution < 1.29 is 17.8 Å². The molecule has 4 heteroatoms. The largest absolute Gasteiger partial charge is 0.455 e. The minimum Gasteiger partial charge on any atom is -0.455 e. The van der Waals surface area contributed by atoms with E-state index in [0.29, 0.717) is 33.4 Å². The Kier molecular flexibility index (Phi) is 4.25. The molecule has 0 aliphatic carbocycles. The van der Waals surface area contributed by atoms with E-state index in [2.05, 4.69) is 37.6 Å². The van der Waals surface area contributed by atoms with E-state index in [4.69, 9.17) is 4.42 Å². The van der Waals surface area contributed by atoms with Crippen molar-refractivity contribution in [3.63, 3.8) is 0 Å². The van der Waals surface area contributed by atoms with Crippen LogP contribution in [-0.4, -0.2) is 0 Å². The number of fused-ring (bicyclic) bond motifs is 3. The highest BCUT2D eigenvalue weighted by Crippen LogP contribution is 2.39. The number of nitrogens with zero attached hydrogens (tertiary/aromatic N) is 1. The molecule has 0 saturated heterocycles. The fourth-order valence-corrected chi connectivity index (χ4v) is 4.09. The van der Waals surface area contributed by atoms with E-state index in [9.17, 15) is 8.78 Å². The number of halogens is 2. The summed E-state index contributed by atoms with van der Waals surface area (Å²) in [7, 11) is 1.99. The number of hydrogen-bond acceptors (Lipinski definition) is 1. The van der Waals surface area contributed by atoms with Crippen molar-refractivity contribution in [3.8, 4) is 11.3 Å². The molecular formula is C24H24F2NO+. The van der Waals surface area contributed by atoms with Crippen LogP contribution in [0.25, 0.3) is 33.2 Å². The smallest absolute Gasteiger partial charge is 0.216 e. The van der Waals surface area contributed by atoms with Gasteiger partial charge in [-0.05, 0) is 55.5 Å². The molecule has 0 aliphatic rings. The minimum atomic E-state index is -0.354. The van der Waals surface area contributed by atoms with Gasteiger partial charge in [-0.2, -0.15) is 0 Å². The molecule has 0 amide bonds. The van der Waals surface area contributed by atoms with Gasteiger partial charge in [-0.3, -0.25) is 0 Å². The molecule has 0 atom stereocenters. The molecule has 4 rings (SSSR count). The van der Waals surface area contributed by atoms with Gasteiger partial charge in [-0.25, -0.2) is 13.3 Å². The zero-order valence-corrected chi connectivity index (χ0v) is 17.1. The van der Waals surface area contributed by atoms with Gasteiger partial charge in [0.05, 0.1) is 10.9 Å². The maximum absolute atomic E-state index is 14.9. The Balaban J connectivity index is 2.12. The van der Waals surface area contributed by atoms with Crippen molar-refractivity contribution >= 4 is 21.9 Å². The zero-order valence-electron chi connectivity index (χ0n) is 17.1. The SMILES string of the molecule is Cc1cc2c(cc1F)oc1c(-c3cc(C)c(C(C)C)c[n+]3C)c(C)cc(F)c12. The van der Waals surface area contributed by atoms with E-state index in [1.54, 1.807) is 13.0 Å². The van der Waals surface area contributed by atoms with Gasteiger partial charge in [0.25, 0.3) is 0 Å². The van der Waals surface area contributed by atoms with Crippen LogP contribution in [0.15, 0.2) is 34.9 Å². The van der Waals surface area contributed by atoms with Crippen LogP contribution in [0.4, 0.5) is 8.78 Å². The molecule has 0 fully saturated rings. The van der Waals surface area contributed by atoms with Gasteiger partial charge in [0.15, 0.2) is 11.8 Å². The Labute approximate surface area is 163 Å². The fraction of sp³-hybridized carbons (Fsp3) is 0.292. The van der Waals surface area contributed by atoms with E-state index in [1.165, 1.54) is 23.3 Å². The summed E-state index contributed by atoms with van der Waals surface area (Å²) in [5.41, 5.74) is 6.31. The van der Waals surface area contributed by atoms with Crippen LogP contribution in [0.5, 0.6) is 0 Å². The predicted octanol–water partition coefficient (Wildman–Crippen LogP) is 6.40. The van der Waals surface area contributed by atoms with Gasteiger partial charge in [0, 0.05) is 23.1 Å². The number of aromatic nitrogens is 1. The Morgan fingerprint density at radius 1 is 0.893 bits per heavy atom. The van der Waals surface area contributed by atoms with Crippen molar-refractivity contribution in [2.45, 2.75) is 40.5 Å². The van der Waals surface area contributed by atoms with Gasteiger partial charge in [0.2, 0.25) is 5.69 Å². The Hall–Kier alpha value is -2.75. The summed E-state index contributed by atoms with van der Waals surface area (Å²) in [6.45, 7) is 9.97. The monoisotopic (exact) mass is 380 g/mol. The van der Waals surface area contributed by atoms with Crippen molar-refractivity contribution in [2.24, 2.45) is 7.05 Å². The fourth-order valence-electron chi connectivity index (χ4n) is 4.09. The third-order valence-electron chi connectivity index (χ3n) is 5.57. The summed E-state index contributed by atoms with van der Waals surface area (Å²) in [6.07, 6.45) is 2.12. The van der Waals surface area contributed by atoms with Crippen molar-refractivity contribution in [2.75, 3.05) is 0 Å². The van der Waals surface area contributed by atoms with Crippen LogP contribution in [0.3, 0.4) is 0 Å². The third kappa shape index (κ3) is 2.70. The Morgan fingerprint density at radius 2 is 1.61 bits per heavy atom. The standard InChI is InChI=1S/C24H24F2NO/c1-12(2)17-11-27(6)20(9-13(17)3)22-15(5)8-19(26)23-16-7-14(4)18(25)10-21(16)28-24(22)23/h7-12H,1-6H3/q+1. The molecule has 0 N–H and O–H groups in total. The molecule has 4 aromatic rings. The van der Waals surface area contributed by atoms with E-state index < -0.39 is 0 Å². The zero-order chi connectivity index (χ0) is 20.3. The van der Waals surface area contributed by atoms with E-state index in [-0.39, 0.29) is 11.6 Å². The lowest BCUT2D eigenvalue weighted by molar-refractivity contribution is -0.660. The molecule has 0 radical (unpaired) electrons. The molecule has 0 spiro atoms. The van der Waals surface area contributed by atoms with Gasteiger partial charge in [-0.15, -0.1) is 0 Å². The van der Waals surface area contributed by atoms with Crippen LogP contribution in [0, 0.1) is 32.4 Å². The number of aryl methyl sites for hydroxylation is 4. The maximum atomic E-state index is 14.9. The van der Waals surface area contributed by atoms with Gasteiger partial charge in [0.1, 0.15) is 24.3 Å². The highest BCUT2D eigenvalue weighted by atomic mass is 19.1. The molecule has 0 unspecified atom stereocenters. The second kappa shape index (κ2) is 6.40. The lowest BCUT2D eigenvalue weighted by atomic mass is 9.95. The summed E-state index contributed by atoms with van der Waals surface area (Å²) < 4.78 is 37.1. The van der Waals surface area contributed by atoms with E-state index in [0.717, 1.165) is 16.8 Å². The average molecular weight is 380 g/mol. The Morgan fingerprint density at radius 3 is 2.29 bits per heavy atom. The average Bonchev–Trinajstić information content (AvgIpc) is 2.96. The normalized spacial score (nSPS) is 11.9. The maximum Gasteiger partial charge on any atom is 0.216 e. The quantitative estimate of drug-likeness (QED) is 0.368. The van der Waals surface area contributed by atoms with Crippen LogP contribution in [0.1, 0.15) is 42.0 Å². The number of benzene rings is 2. The van der Waals surface area contributed by atoms with Gasteiger partial charge < -0.3 is 4.42 Å². The van der Waals surface area contributed by atoms with Crippen molar-refractivity contribution in [1.82, 2.24) is 0 Å². The summed E-state index contributed by atoms with van der Waals surface area (Å²) in [5.74, 6) is -0.293. The molecule has 144 valence electrons. The first-order valence-electron chi connectivity index (χ1n) is 9.51. The lowest BCUT2D eigenvalue weighted by Crippen LogP contribution is -2.32. The molecule has 2 nitrogen and oxygen atoms in total. The highest BCUT2D eigenvalue weighted by Gasteiger charge is 2.25. The summed E-state index contributed by atoms with van der Waals surface area (Å²) >= 11 is 0. The van der Waals surface area contributed by atoms with Crippen molar-refractivity contribution in [3.05, 3.63) is 64.4 Å².